The van der Waals surface area contributed by atoms with Gasteiger partial charge in [0.25, 0.3) is 0 Å². The van der Waals surface area contributed by atoms with Crippen molar-refractivity contribution < 1.29 is 28.6 Å². The second-order valence-corrected chi connectivity index (χ2v) is 5.82. The molecule has 7 nitrogen and oxygen atoms in total. The van der Waals surface area contributed by atoms with Gasteiger partial charge in [-0.1, -0.05) is 0 Å². The number of carbonyl (C=O) groups is 3. The molecule has 0 spiro atoms. The summed E-state index contributed by atoms with van der Waals surface area (Å²) in [6.07, 6.45) is 0.583. The molecular weight excluding hydrogens is 278 g/mol. The third kappa shape index (κ3) is 6.46. The van der Waals surface area contributed by atoms with Gasteiger partial charge in [0.2, 0.25) is 5.91 Å². The molecule has 1 fully saturated rings. The molecule has 0 aliphatic carbocycles. The first-order valence-corrected chi connectivity index (χ1v) is 7.05. The summed E-state index contributed by atoms with van der Waals surface area (Å²) in [6, 6.07) is 0. The first-order valence-electron chi connectivity index (χ1n) is 7.05. The maximum absolute atomic E-state index is 11.4. The summed E-state index contributed by atoms with van der Waals surface area (Å²) < 4.78 is 14.5. The standard InChI is InChI=1S/C14H23NO6/c1-14(2,3)12(17)19-9-10-21-13(18)20-8-7-15-6-4-5-11(15)16/h4-10H2,1-3H3. The van der Waals surface area contributed by atoms with Crippen molar-refractivity contribution in [1.29, 1.82) is 0 Å². The van der Waals surface area contributed by atoms with Crippen LogP contribution < -0.4 is 0 Å². The topological polar surface area (TPSA) is 82.1 Å². The molecule has 0 atom stereocenters. The predicted octanol–water partition coefficient (Wildman–Crippen LogP) is 1.35. The summed E-state index contributed by atoms with van der Waals surface area (Å²) >= 11 is 0. The van der Waals surface area contributed by atoms with Gasteiger partial charge in [-0.05, 0) is 27.2 Å². The molecule has 1 amide bonds. The fourth-order valence-corrected chi connectivity index (χ4v) is 1.70. The molecule has 0 aromatic carbocycles. The Bertz CT molecular complexity index is 387. The van der Waals surface area contributed by atoms with E-state index < -0.39 is 11.6 Å². The SMILES string of the molecule is CC(C)(C)C(=O)OCCOC(=O)OCCN1CCCC1=O. The van der Waals surface area contributed by atoms with Gasteiger partial charge in [-0.3, -0.25) is 9.59 Å². The van der Waals surface area contributed by atoms with Gasteiger partial charge in [-0.15, -0.1) is 0 Å². The molecule has 0 bridgehead atoms. The van der Waals surface area contributed by atoms with E-state index in [-0.39, 0.29) is 31.7 Å². The minimum absolute atomic E-state index is 0.00415. The first kappa shape index (κ1) is 17.3. The number of hydrogen-bond donors (Lipinski definition) is 0. The van der Waals surface area contributed by atoms with Gasteiger partial charge >= 0.3 is 12.1 Å². The minimum Gasteiger partial charge on any atom is -0.462 e. The van der Waals surface area contributed by atoms with E-state index in [4.69, 9.17) is 14.2 Å². The number of nitrogens with zero attached hydrogens (tertiary/aromatic N) is 1. The Hall–Kier alpha value is -1.79. The van der Waals surface area contributed by atoms with Crippen molar-refractivity contribution in [2.45, 2.75) is 33.6 Å². The lowest BCUT2D eigenvalue weighted by Gasteiger charge is -2.16. The average molecular weight is 301 g/mol. The van der Waals surface area contributed by atoms with E-state index in [1.165, 1.54) is 0 Å². The first-order chi connectivity index (χ1) is 9.80. The average Bonchev–Trinajstić information content (AvgIpc) is 2.79. The lowest BCUT2D eigenvalue weighted by atomic mass is 9.97. The van der Waals surface area contributed by atoms with E-state index in [9.17, 15) is 14.4 Å². The van der Waals surface area contributed by atoms with Crippen molar-refractivity contribution >= 4 is 18.0 Å². The Labute approximate surface area is 124 Å². The van der Waals surface area contributed by atoms with E-state index >= 15 is 0 Å². The second-order valence-electron chi connectivity index (χ2n) is 5.82. The molecule has 21 heavy (non-hydrogen) atoms. The number of carbonyl (C=O) groups excluding carboxylic acids is 3. The van der Waals surface area contributed by atoms with Crippen molar-refractivity contribution in [3.63, 3.8) is 0 Å². The van der Waals surface area contributed by atoms with Crippen LogP contribution in [0.15, 0.2) is 0 Å². The van der Waals surface area contributed by atoms with Crippen LogP contribution in [-0.4, -0.2) is 55.8 Å². The zero-order valence-corrected chi connectivity index (χ0v) is 12.8. The Morgan fingerprint density at radius 1 is 1.10 bits per heavy atom. The van der Waals surface area contributed by atoms with Gasteiger partial charge in [0.15, 0.2) is 0 Å². The third-order valence-electron chi connectivity index (χ3n) is 2.90. The summed E-state index contributed by atoms with van der Waals surface area (Å²) in [6.45, 7) is 6.36. The van der Waals surface area contributed by atoms with Crippen LogP contribution in [-0.2, 0) is 23.8 Å². The summed E-state index contributed by atoms with van der Waals surface area (Å²) in [4.78, 5) is 35.6. The van der Waals surface area contributed by atoms with Gasteiger partial charge in [-0.25, -0.2) is 4.79 Å². The summed E-state index contributed by atoms with van der Waals surface area (Å²) in [5.74, 6) is -0.270. The second kappa shape index (κ2) is 7.85. The highest BCUT2D eigenvalue weighted by Gasteiger charge is 2.23. The van der Waals surface area contributed by atoms with Gasteiger partial charge in [-0.2, -0.15) is 0 Å². The highest BCUT2D eigenvalue weighted by Crippen LogP contribution is 2.14. The van der Waals surface area contributed by atoms with Crippen LogP contribution in [0.4, 0.5) is 4.79 Å². The number of esters is 1. The summed E-state index contributed by atoms with van der Waals surface area (Å²) in [5.41, 5.74) is -0.581. The van der Waals surface area contributed by atoms with E-state index in [0.29, 0.717) is 19.5 Å². The van der Waals surface area contributed by atoms with Crippen LogP contribution in [0, 0.1) is 5.41 Å². The normalized spacial score (nSPS) is 15.0. The summed E-state index contributed by atoms with van der Waals surface area (Å²) in [7, 11) is 0. The number of likely N-dealkylation sites (tertiary alicyclic amines) is 1. The molecule has 0 aromatic rings. The highest BCUT2D eigenvalue weighted by molar-refractivity contribution is 5.78. The van der Waals surface area contributed by atoms with Gasteiger partial charge < -0.3 is 19.1 Å². The smallest absolute Gasteiger partial charge is 0.462 e. The van der Waals surface area contributed by atoms with Crippen LogP contribution in [0.2, 0.25) is 0 Å². The molecular formula is C14H23NO6. The molecule has 0 saturated carbocycles. The number of hydrogen-bond acceptors (Lipinski definition) is 6. The maximum Gasteiger partial charge on any atom is 0.508 e. The largest absolute Gasteiger partial charge is 0.508 e. The number of amides is 1. The Kier molecular flexibility index (Phi) is 6.45. The monoisotopic (exact) mass is 301 g/mol. The quantitative estimate of drug-likeness (QED) is 0.544. The Morgan fingerprint density at radius 3 is 2.29 bits per heavy atom. The predicted molar refractivity (Wildman–Crippen MR) is 73.5 cm³/mol. The van der Waals surface area contributed by atoms with E-state index in [2.05, 4.69) is 0 Å². The Morgan fingerprint density at radius 2 is 1.71 bits per heavy atom. The molecule has 0 unspecified atom stereocenters. The molecule has 0 radical (unpaired) electrons. The van der Waals surface area contributed by atoms with Gasteiger partial charge in [0, 0.05) is 13.0 Å². The van der Waals surface area contributed by atoms with Crippen molar-refractivity contribution in [2.75, 3.05) is 32.9 Å². The molecule has 1 saturated heterocycles. The van der Waals surface area contributed by atoms with Crippen LogP contribution in [0.25, 0.3) is 0 Å². The van der Waals surface area contributed by atoms with E-state index in [0.717, 1.165) is 6.42 Å². The van der Waals surface area contributed by atoms with Crippen LogP contribution >= 0.6 is 0 Å². The number of ether oxygens (including phenoxy) is 3. The molecule has 0 N–H and O–H groups in total. The van der Waals surface area contributed by atoms with Crippen molar-refractivity contribution in [1.82, 2.24) is 4.90 Å². The Balaban J connectivity index is 2.04. The van der Waals surface area contributed by atoms with Gasteiger partial charge in [0.05, 0.1) is 12.0 Å². The highest BCUT2D eigenvalue weighted by atomic mass is 16.7. The van der Waals surface area contributed by atoms with E-state index in [1.807, 2.05) is 0 Å². The van der Waals surface area contributed by atoms with Crippen molar-refractivity contribution in [3.8, 4) is 0 Å². The van der Waals surface area contributed by atoms with Crippen LogP contribution in [0.1, 0.15) is 33.6 Å². The summed E-state index contributed by atoms with van der Waals surface area (Å²) in [5, 5.41) is 0. The van der Waals surface area contributed by atoms with Crippen molar-refractivity contribution in [2.24, 2.45) is 5.41 Å². The zero-order chi connectivity index (χ0) is 15.9. The third-order valence-corrected chi connectivity index (χ3v) is 2.90. The molecule has 1 rings (SSSR count). The molecule has 1 heterocycles. The fourth-order valence-electron chi connectivity index (χ4n) is 1.70. The van der Waals surface area contributed by atoms with Crippen molar-refractivity contribution in [3.05, 3.63) is 0 Å². The minimum atomic E-state index is -0.826. The number of rotatable bonds is 6. The molecule has 7 heteroatoms. The lowest BCUT2D eigenvalue weighted by Crippen LogP contribution is -2.29. The molecule has 120 valence electrons. The van der Waals surface area contributed by atoms with E-state index in [1.54, 1.807) is 25.7 Å². The molecule has 1 aliphatic rings. The molecule has 1 aliphatic heterocycles. The van der Waals surface area contributed by atoms with Gasteiger partial charge in [0.1, 0.15) is 19.8 Å². The molecule has 0 aromatic heterocycles. The maximum atomic E-state index is 11.4. The zero-order valence-electron chi connectivity index (χ0n) is 12.8. The van der Waals surface area contributed by atoms with Crippen LogP contribution in [0.5, 0.6) is 0 Å². The van der Waals surface area contributed by atoms with Crippen LogP contribution in [0.3, 0.4) is 0 Å². The lowest BCUT2D eigenvalue weighted by molar-refractivity contribution is -0.154. The fraction of sp³-hybridized carbons (Fsp3) is 0.786.